The SMILES string of the molecule is CC(C)CCC(=O)c1ccnc(Cc2ccccc2)c1. The first-order chi connectivity index (χ1) is 9.65. The number of nitrogens with zero attached hydrogens (tertiary/aromatic N) is 1. The quantitative estimate of drug-likeness (QED) is 0.731. The Kier molecular flexibility index (Phi) is 5.05. The van der Waals surface area contributed by atoms with E-state index in [-0.39, 0.29) is 5.78 Å². The second-order valence-electron chi connectivity index (χ2n) is 5.55. The molecule has 0 aliphatic rings. The normalized spacial score (nSPS) is 10.8. The van der Waals surface area contributed by atoms with E-state index < -0.39 is 0 Å². The Hall–Kier alpha value is -1.96. The van der Waals surface area contributed by atoms with Crippen molar-refractivity contribution in [1.29, 1.82) is 0 Å². The number of benzene rings is 1. The van der Waals surface area contributed by atoms with Crippen molar-refractivity contribution in [1.82, 2.24) is 4.98 Å². The summed E-state index contributed by atoms with van der Waals surface area (Å²) < 4.78 is 0. The Morgan fingerprint density at radius 1 is 1.15 bits per heavy atom. The second-order valence-corrected chi connectivity index (χ2v) is 5.55. The van der Waals surface area contributed by atoms with Crippen LogP contribution in [0, 0.1) is 5.92 Å². The van der Waals surface area contributed by atoms with E-state index in [4.69, 9.17) is 0 Å². The van der Waals surface area contributed by atoms with Crippen molar-refractivity contribution in [2.24, 2.45) is 5.92 Å². The average Bonchev–Trinajstić information content (AvgIpc) is 2.46. The minimum Gasteiger partial charge on any atom is -0.294 e. The van der Waals surface area contributed by atoms with Gasteiger partial charge < -0.3 is 0 Å². The van der Waals surface area contributed by atoms with Gasteiger partial charge in [0.1, 0.15) is 0 Å². The number of pyridine rings is 1. The highest BCUT2D eigenvalue weighted by Crippen LogP contribution is 2.13. The minimum absolute atomic E-state index is 0.218. The second kappa shape index (κ2) is 6.99. The lowest BCUT2D eigenvalue weighted by Crippen LogP contribution is -2.03. The molecule has 0 aliphatic carbocycles. The smallest absolute Gasteiger partial charge is 0.163 e. The van der Waals surface area contributed by atoms with Crippen molar-refractivity contribution >= 4 is 5.78 Å². The predicted molar refractivity (Wildman–Crippen MR) is 81.9 cm³/mol. The van der Waals surface area contributed by atoms with Crippen LogP contribution in [0.3, 0.4) is 0 Å². The van der Waals surface area contributed by atoms with E-state index in [0.717, 1.165) is 24.1 Å². The van der Waals surface area contributed by atoms with Crippen LogP contribution < -0.4 is 0 Å². The number of carbonyl (C=O) groups excluding carboxylic acids is 1. The fraction of sp³-hybridized carbons (Fsp3) is 0.333. The Balaban J connectivity index is 2.06. The van der Waals surface area contributed by atoms with Gasteiger partial charge >= 0.3 is 0 Å². The van der Waals surface area contributed by atoms with E-state index in [9.17, 15) is 4.79 Å². The van der Waals surface area contributed by atoms with Crippen molar-refractivity contribution < 1.29 is 4.79 Å². The van der Waals surface area contributed by atoms with E-state index in [2.05, 4.69) is 31.0 Å². The van der Waals surface area contributed by atoms with Gasteiger partial charge in [0.25, 0.3) is 0 Å². The number of carbonyl (C=O) groups is 1. The Morgan fingerprint density at radius 2 is 1.90 bits per heavy atom. The largest absolute Gasteiger partial charge is 0.294 e. The zero-order valence-electron chi connectivity index (χ0n) is 12.2. The van der Waals surface area contributed by atoms with E-state index in [1.54, 1.807) is 6.20 Å². The first-order valence-electron chi connectivity index (χ1n) is 7.17. The number of rotatable bonds is 6. The fourth-order valence-electron chi connectivity index (χ4n) is 2.12. The molecule has 0 N–H and O–H groups in total. The summed E-state index contributed by atoms with van der Waals surface area (Å²) in [5.41, 5.74) is 2.95. The van der Waals surface area contributed by atoms with Gasteiger partial charge in [-0.25, -0.2) is 0 Å². The molecule has 0 spiro atoms. The molecule has 0 saturated carbocycles. The molecule has 20 heavy (non-hydrogen) atoms. The summed E-state index contributed by atoms with van der Waals surface area (Å²) in [6.07, 6.45) is 4.06. The third-order valence-corrected chi connectivity index (χ3v) is 3.32. The van der Waals surface area contributed by atoms with Crippen LogP contribution in [0.25, 0.3) is 0 Å². The zero-order chi connectivity index (χ0) is 14.4. The van der Waals surface area contributed by atoms with Gasteiger partial charge in [0.2, 0.25) is 0 Å². The van der Waals surface area contributed by atoms with Crippen molar-refractivity contribution in [3.8, 4) is 0 Å². The van der Waals surface area contributed by atoms with Crippen molar-refractivity contribution in [2.75, 3.05) is 0 Å². The molecule has 2 nitrogen and oxygen atoms in total. The molecule has 2 rings (SSSR count). The molecule has 0 aliphatic heterocycles. The number of aromatic nitrogens is 1. The van der Waals surface area contributed by atoms with Gasteiger partial charge in [-0.2, -0.15) is 0 Å². The Bertz CT molecular complexity index is 561. The van der Waals surface area contributed by atoms with Crippen LogP contribution in [0.2, 0.25) is 0 Å². The van der Waals surface area contributed by atoms with Crippen LogP contribution in [0.5, 0.6) is 0 Å². The average molecular weight is 267 g/mol. The molecule has 104 valence electrons. The number of hydrogen-bond donors (Lipinski definition) is 0. The maximum Gasteiger partial charge on any atom is 0.163 e. The molecule has 1 aromatic heterocycles. The predicted octanol–water partition coefficient (Wildman–Crippen LogP) is 4.29. The van der Waals surface area contributed by atoms with Crippen molar-refractivity contribution in [3.63, 3.8) is 0 Å². The summed E-state index contributed by atoms with van der Waals surface area (Å²) in [6, 6.07) is 13.9. The number of Topliss-reactive ketones (excluding diaryl/α,β-unsaturated/α-hetero) is 1. The highest BCUT2D eigenvalue weighted by molar-refractivity contribution is 5.96. The minimum atomic E-state index is 0.218. The standard InChI is InChI=1S/C18H21NO/c1-14(2)8-9-18(20)16-10-11-19-17(13-16)12-15-6-4-3-5-7-15/h3-7,10-11,13-14H,8-9,12H2,1-2H3. The van der Waals surface area contributed by atoms with Crippen LogP contribution in [0.15, 0.2) is 48.7 Å². The summed E-state index contributed by atoms with van der Waals surface area (Å²) in [5, 5.41) is 0. The molecule has 0 saturated heterocycles. The van der Waals surface area contributed by atoms with Crippen LogP contribution in [-0.4, -0.2) is 10.8 Å². The van der Waals surface area contributed by atoms with Gasteiger partial charge in [-0.1, -0.05) is 44.2 Å². The fourth-order valence-corrected chi connectivity index (χ4v) is 2.12. The van der Waals surface area contributed by atoms with Gasteiger partial charge in [0.05, 0.1) is 0 Å². The first-order valence-corrected chi connectivity index (χ1v) is 7.17. The summed E-state index contributed by atoms with van der Waals surface area (Å²) in [7, 11) is 0. The molecule has 0 bridgehead atoms. The lowest BCUT2D eigenvalue weighted by Gasteiger charge is -2.06. The van der Waals surface area contributed by atoms with Gasteiger partial charge in [-0.15, -0.1) is 0 Å². The van der Waals surface area contributed by atoms with E-state index >= 15 is 0 Å². The van der Waals surface area contributed by atoms with E-state index in [0.29, 0.717) is 12.3 Å². The topological polar surface area (TPSA) is 30.0 Å². The summed E-state index contributed by atoms with van der Waals surface area (Å²) >= 11 is 0. The van der Waals surface area contributed by atoms with E-state index in [1.165, 1.54) is 5.56 Å². The van der Waals surface area contributed by atoms with Gasteiger partial charge in [0.15, 0.2) is 5.78 Å². The van der Waals surface area contributed by atoms with E-state index in [1.807, 2.05) is 30.3 Å². The zero-order valence-corrected chi connectivity index (χ0v) is 12.2. The Morgan fingerprint density at radius 3 is 2.60 bits per heavy atom. The monoisotopic (exact) mass is 267 g/mol. The van der Waals surface area contributed by atoms with Gasteiger partial charge in [0, 0.05) is 30.3 Å². The van der Waals surface area contributed by atoms with Crippen molar-refractivity contribution in [2.45, 2.75) is 33.1 Å². The summed E-state index contributed by atoms with van der Waals surface area (Å²) in [6.45, 7) is 4.28. The third kappa shape index (κ3) is 4.30. The summed E-state index contributed by atoms with van der Waals surface area (Å²) in [4.78, 5) is 16.5. The highest BCUT2D eigenvalue weighted by Gasteiger charge is 2.08. The molecule has 1 heterocycles. The molecular formula is C18H21NO. The first kappa shape index (κ1) is 14.4. The van der Waals surface area contributed by atoms with Crippen LogP contribution in [0.4, 0.5) is 0 Å². The number of ketones is 1. The lowest BCUT2D eigenvalue weighted by atomic mass is 10.0. The number of hydrogen-bond acceptors (Lipinski definition) is 2. The van der Waals surface area contributed by atoms with Crippen LogP contribution in [0.1, 0.15) is 48.3 Å². The molecule has 0 unspecified atom stereocenters. The molecular weight excluding hydrogens is 246 g/mol. The molecule has 0 radical (unpaired) electrons. The third-order valence-electron chi connectivity index (χ3n) is 3.32. The van der Waals surface area contributed by atoms with Gasteiger partial charge in [-0.3, -0.25) is 9.78 Å². The molecule has 2 heteroatoms. The molecule has 0 amide bonds. The van der Waals surface area contributed by atoms with Crippen LogP contribution in [-0.2, 0) is 6.42 Å². The van der Waals surface area contributed by atoms with Gasteiger partial charge in [-0.05, 0) is 30.0 Å². The molecule has 0 atom stereocenters. The molecule has 1 aromatic carbocycles. The van der Waals surface area contributed by atoms with Crippen molar-refractivity contribution in [3.05, 3.63) is 65.5 Å². The van der Waals surface area contributed by atoms with Crippen LogP contribution >= 0.6 is 0 Å². The maximum atomic E-state index is 12.1. The molecule has 0 fully saturated rings. The highest BCUT2D eigenvalue weighted by atomic mass is 16.1. The lowest BCUT2D eigenvalue weighted by molar-refractivity contribution is 0.0975. The summed E-state index contributed by atoms with van der Waals surface area (Å²) in [5.74, 6) is 0.778. The molecule has 2 aromatic rings. The maximum absolute atomic E-state index is 12.1. The Labute approximate surface area is 120 Å².